The summed E-state index contributed by atoms with van der Waals surface area (Å²) < 4.78 is 5.56. The third-order valence-corrected chi connectivity index (χ3v) is 3.37. The molecule has 2 atom stereocenters. The standard InChI is InChI=1S/C14H21NO2/c1-15-8-7-13(9-15)14(16)11-17-10-12-5-3-2-4-6-12/h2-6,13-14,16H,7-11H2,1H3. The molecule has 1 aromatic carbocycles. The van der Waals surface area contributed by atoms with E-state index in [4.69, 9.17) is 4.74 Å². The van der Waals surface area contributed by atoms with Crippen molar-refractivity contribution in [2.24, 2.45) is 5.92 Å². The van der Waals surface area contributed by atoms with E-state index in [1.165, 1.54) is 0 Å². The zero-order valence-electron chi connectivity index (χ0n) is 10.4. The van der Waals surface area contributed by atoms with Crippen LogP contribution in [0.1, 0.15) is 12.0 Å². The molecule has 1 heterocycles. The molecule has 1 N–H and O–H groups in total. The van der Waals surface area contributed by atoms with E-state index in [0.29, 0.717) is 19.1 Å². The first-order valence-corrected chi connectivity index (χ1v) is 6.24. The number of nitrogens with zero attached hydrogens (tertiary/aromatic N) is 1. The molecular formula is C14H21NO2. The lowest BCUT2D eigenvalue weighted by molar-refractivity contribution is 0.000692. The molecule has 3 nitrogen and oxygen atoms in total. The highest BCUT2D eigenvalue weighted by Gasteiger charge is 2.26. The Labute approximate surface area is 103 Å². The molecule has 0 radical (unpaired) electrons. The molecule has 0 aromatic heterocycles. The lowest BCUT2D eigenvalue weighted by atomic mass is 10.0. The topological polar surface area (TPSA) is 32.7 Å². The van der Waals surface area contributed by atoms with Gasteiger partial charge in [-0.25, -0.2) is 0 Å². The van der Waals surface area contributed by atoms with Crippen LogP contribution in [0.4, 0.5) is 0 Å². The van der Waals surface area contributed by atoms with Crippen molar-refractivity contribution < 1.29 is 9.84 Å². The first-order valence-electron chi connectivity index (χ1n) is 6.24. The average Bonchev–Trinajstić information content (AvgIpc) is 2.77. The van der Waals surface area contributed by atoms with Gasteiger partial charge in [0, 0.05) is 12.5 Å². The van der Waals surface area contributed by atoms with E-state index >= 15 is 0 Å². The quantitative estimate of drug-likeness (QED) is 0.840. The molecular weight excluding hydrogens is 214 g/mol. The summed E-state index contributed by atoms with van der Waals surface area (Å²) in [6, 6.07) is 10.1. The van der Waals surface area contributed by atoms with Gasteiger partial charge in [-0.1, -0.05) is 30.3 Å². The summed E-state index contributed by atoms with van der Waals surface area (Å²) >= 11 is 0. The molecule has 17 heavy (non-hydrogen) atoms. The van der Waals surface area contributed by atoms with Crippen molar-refractivity contribution in [3.05, 3.63) is 35.9 Å². The minimum Gasteiger partial charge on any atom is -0.390 e. The predicted molar refractivity (Wildman–Crippen MR) is 67.7 cm³/mol. The van der Waals surface area contributed by atoms with Crippen molar-refractivity contribution in [1.29, 1.82) is 0 Å². The summed E-state index contributed by atoms with van der Waals surface area (Å²) in [7, 11) is 2.09. The minimum absolute atomic E-state index is 0.330. The molecule has 0 amide bonds. The number of aliphatic hydroxyl groups excluding tert-OH is 1. The SMILES string of the molecule is CN1CCC(C(O)COCc2ccccc2)C1. The van der Waals surface area contributed by atoms with Crippen LogP contribution < -0.4 is 0 Å². The van der Waals surface area contributed by atoms with E-state index in [2.05, 4.69) is 11.9 Å². The second-order valence-electron chi connectivity index (χ2n) is 4.88. The van der Waals surface area contributed by atoms with Gasteiger partial charge in [0.1, 0.15) is 0 Å². The van der Waals surface area contributed by atoms with Crippen molar-refractivity contribution in [3.8, 4) is 0 Å². The Balaban J connectivity index is 1.68. The van der Waals surface area contributed by atoms with Gasteiger partial charge in [0.25, 0.3) is 0 Å². The third kappa shape index (κ3) is 3.80. The molecule has 1 saturated heterocycles. The van der Waals surface area contributed by atoms with E-state index in [-0.39, 0.29) is 6.10 Å². The van der Waals surface area contributed by atoms with Crippen molar-refractivity contribution in [2.45, 2.75) is 19.1 Å². The Hall–Kier alpha value is -0.900. The lowest BCUT2D eigenvalue weighted by Gasteiger charge is -2.18. The van der Waals surface area contributed by atoms with Gasteiger partial charge in [0.2, 0.25) is 0 Å². The first-order chi connectivity index (χ1) is 8.25. The molecule has 1 aliphatic rings. The molecule has 94 valence electrons. The summed E-state index contributed by atoms with van der Waals surface area (Å²) in [5.74, 6) is 0.371. The molecule has 0 saturated carbocycles. The van der Waals surface area contributed by atoms with E-state index in [0.717, 1.165) is 25.1 Å². The van der Waals surface area contributed by atoms with Crippen molar-refractivity contribution in [3.63, 3.8) is 0 Å². The number of rotatable bonds is 5. The van der Waals surface area contributed by atoms with Crippen LogP contribution in [0.2, 0.25) is 0 Å². The van der Waals surface area contributed by atoms with Crippen LogP contribution in [0.15, 0.2) is 30.3 Å². The maximum atomic E-state index is 9.99. The molecule has 1 aliphatic heterocycles. The van der Waals surface area contributed by atoms with Gasteiger partial charge in [-0.2, -0.15) is 0 Å². The van der Waals surface area contributed by atoms with Gasteiger partial charge in [-0.3, -0.25) is 0 Å². The van der Waals surface area contributed by atoms with Crippen LogP contribution in [0, 0.1) is 5.92 Å². The fraction of sp³-hybridized carbons (Fsp3) is 0.571. The van der Waals surface area contributed by atoms with Crippen molar-refractivity contribution in [1.82, 2.24) is 4.90 Å². The van der Waals surface area contributed by atoms with E-state index < -0.39 is 0 Å². The normalized spacial score (nSPS) is 22.8. The second kappa shape index (κ2) is 6.15. The molecule has 2 rings (SSSR count). The highest BCUT2D eigenvalue weighted by molar-refractivity contribution is 5.13. The molecule has 0 bridgehead atoms. The van der Waals surface area contributed by atoms with Gasteiger partial charge in [0.15, 0.2) is 0 Å². The van der Waals surface area contributed by atoms with Crippen LogP contribution in [0.3, 0.4) is 0 Å². The second-order valence-corrected chi connectivity index (χ2v) is 4.88. The van der Waals surface area contributed by atoms with Crippen LogP contribution in [-0.4, -0.2) is 42.9 Å². The Kier molecular flexibility index (Phi) is 4.54. The molecule has 3 heteroatoms. The van der Waals surface area contributed by atoms with Crippen LogP contribution in [0.25, 0.3) is 0 Å². The number of hydrogen-bond donors (Lipinski definition) is 1. The predicted octanol–water partition coefficient (Wildman–Crippen LogP) is 1.52. The van der Waals surface area contributed by atoms with Gasteiger partial charge < -0.3 is 14.7 Å². The number of hydrogen-bond acceptors (Lipinski definition) is 3. The lowest BCUT2D eigenvalue weighted by Crippen LogP contribution is -2.28. The van der Waals surface area contributed by atoms with Gasteiger partial charge >= 0.3 is 0 Å². The number of benzene rings is 1. The van der Waals surface area contributed by atoms with Crippen LogP contribution >= 0.6 is 0 Å². The monoisotopic (exact) mass is 235 g/mol. The molecule has 1 fully saturated rings. The summed E-state index contributed by atoms with van der Waals surface area (Å²) in [6.07, 6.45) is 0.746. The Morgan fingerprint density at radius 2 is 2.18 bits per heavy atom. The third-order valence-electron chi connectivity index (χ3n) is 3.37. The molecule has 1 aromatic rings. The van der Waals surface area contributed by atoms with Gasteiger partial charge in [0.05, 0.1) is 19.3 Å². The largest absolute Gasteiger partial charge is 0.390 e. The summed E-state index contributed by atoms with van der Waals surface area (Å²) in [5, 5.41) is 9.99. The van der Waals surface area contributed by atoms with E-state index in [1.54, 1.807) is 0 Å². The fourth-order valence-corrected chi connectivity index (χ4v) is 2.29. The fourth-order valence-electron chi connectivity index (χ4n) is 2.29. The van der Waals surface area contributed by atoms with Crippen LogP contribution in [0.5, 0.6) is 0 Å². The highest BCUT2D eigenvalue weighted by atomic mass is 16.5. The summed E-state index contributed by atoms with van der Waals surface area (Å²) in [5.41, 5.74) is 1.16. The van der Waals surface area contributed by atoms with Crippen molar-refractivity contribution in [2.75, 3.05) is 26.7 Å². The smallest absolute Gasteiger partial charge is 0.0814 e. The first kappa shape index (κ1) is 12.6. The van der Waals surface area contributed by atoms with E-state index in [1.807, 2.05) is 30.3 Å². The Morgan fingerprint density at radius 1 is 1.41 bits per heavy atom. The minimum atomic E-state index is -0.330. The maximum Gasteiger partial charge on any atom is 0.0814 e. The average molecular weight is 235 g/mol. The van der Waals surface area contributed by atoms with Gasteiger partial charge in [-0.15, -0.1) is 0 Å². The summed E-state index contributed by atoms with van der Waals surface area (Å²) in [4.78, 5) is 2.26. The summed E-state index contributed by atoms with van der Waals surface area (Å²) in [6.45, 7) is 3.09. The number of likely N-dealkylation sites (tertiary alicyclic amines) is 1. The van der Waals surface area contributed by atoms with Gasteiger partial charge in [-0.05, 0) is 25.6 Å². The molecule has 0 spiro atoms. The molecule has 0 aliphatic carbocycles. The zero-order valence-corrected chi connectivity index (χ0v) is 10.4. The number of ether oxygens (including phenoxy) is 1. The molecule has 2 unspecified atom stereocenters. The zero-order chi connectivity index (χ0) is 12.1. The van der Waals surface area contributed by atoms with Crippen molar-refractivity contribution >= 4 is 0 Å². The van der Waals surface area contributed by atoms with Crippen LogP contribution in [-0.2, 0) is 11.3 Å². The van der Waals surface area contributed by atoms with E-state index in [9.17, 15) is 5.11 Å². The Bertz CT molecular complexity index is 328. The maximum absolute atomic E-state index is 9.99. The Morgan fingerprint density at radius 3 is 2.82 bits per heavy atom. The number of aliphatic hydroxyl groups is 1. The highest BCUT2D eigenvalue weighted by Crippen LogP contribution is 2.18.